The van der Waals surface area contributed by atoms with Gasteiger partial charge in [0.05, 0.1) is 10.2 Å². The minimum atomic E-state index is 0.283. The SMILES string of the molecule is C=C(C)Cc1c(O)ccc2nc(Cl)sc12. The van der Waals surface area contributed by atoms with E-state index in [-0.39, 0.29) is 5.75 Å². The summed E-state index contributed by atoms with van der Waals surface area (Å²) in [4.78, 5) is 4.17. The molecule has 0 spiro atoms. The zero-order valence-electron chi connectivity index (χ0n) is 8.25. The summed E-state index contributed by atoms with van der Waals surface area (Å²) in [5, 5.41) is 9.76. The second-order valence-corrected chi connectivity index (χ2v) is 5.09. The van der Waals surface area contributed by atoms with Gasteiger partial charge in [-0.25, -0.2) is 4.98 Å². The van der Waals surface area contributed by atoms with Crippen LogP contribution in [-0.2, 0) is 6.42 Å². The van der Waals surface area contributed by atoms with Crippen LogP contribution in [0.15, 0.2) is 24.3 Å². The van der Waals surface area contributed by atoms with Crippen LogP contribution in [0.3, 0.4) is 0 Å². The zero-order valence-corrected chi connectivity index (χ0v) is 9.82. The van der Waals surface area contributed by atoms with Crippen molar-refractivity contribution in [2.45, 2.75) is 13.3 Å². The van der Waals surface area contributed by atoms with E-state index in [0.29, 0.717) is 10.9 Å². The molecule has 1 aromatic heterocycles. The van der Waals surface area contributed by atoms with Crippen molar-refractivity contribution in [2.24, 2.45) is 0 Å². The Morgan fingerprint density at radius 2 is 2.33 bits per heavy atom. The van der Waals surface area contributed by atoms with Gasteiger partial charge in [-0.1, -0.05) is 23.8 Å². The van der Waals surface area contributed by atoms with Crippen LogP contribution < -0.4 is 0 Å². The van der Waals surface area contributed by atoms with Gasteiger partial charge in [0.15, 0.2) is 4.47 Å². The van der Waals surface area contributed by atoms with Crippen molar-refractivity contribution in [3.63, 3.8) is 0 Å². The molecule has 1 heterocycles. The third kappa shape index (κ3) is 1.98. The van der Waals surface area contributed by atoms with Crippen LogP contribution in [0, 0.1) is 0 Å². The fourth-order valence-electron chi connectivity index (χ4n) is 1.48. The molecular weight excluding hydrogens is 230 g/mol. The smallest absolute Gasteiger partial charge is 0.184 e. The number of phenolic OH excluding ortho intramolecular Hbond substituents is 1. The quantitative estimate of drug-likeness (QED) is 0.810. The highest BCUT2D eigenvalue weighted by Crippen LogP contribution is 2.34. The Morgan fingerprint density at radius 3 is 3.00 bits per heavy atom. The van der Waals surface area contributed by atoms with Crippen molar-refractivity contribution in [1.29, 1.82) is 0 Å². The van der Waals surface area contributed by atoms with E-state index in [9.17, 15) is 5.11 Å². The average molecular weight is 240 g/mol. The van der Waals surface area contributed by atoms with Gasteiger partial charge in [0.2, 0.25) is 0 Å². The van der Waals surface area contributed by atoms with Crippen molar-refractivity contribution in [2.75, 3.05) is 0 Å². The number of hydrogen-bond donors (Lipinski definition) is 1. The summed E-state index contributed by atoms with van der Waals surface area (Å²) in [5.41, 5.74) is 2.70. The van der Waals surface area contributed by atoms with E-state index in [1.54, 1.807) is 12.1 Å². The highest BCUT2D eigenvalue weighted by molar-refractivity contribution is 7.22. The molecule has 2 aromatic rings. The molecule has 0 aliphatic carbocycles. The number of phenols is 1. The van der Waals surface area contributed by atoms with Crippen molar-refractivity contribution in [3.8, 4) is 5.75 Å². The first-order valence-electron chi connectivity index (χ1n) is 4.49. The Labute approximate surface area is 96.8 Å². The maximum atomic E-state index is 9.76. The lowest BCUT2D eigenvalue weighted by atomic mass is 10.1. The molecule has 0 amide bonds. The van der Waals surface area contributed by atoms with E-state index >= 15 is 0 Å². The predicted molar refractivity (Wildman–Crippen MR) is 64.8 cm³/mol. The zero-order chi connectivity index (χ0) is 11.0. The van der Waals surface area contributed by atoms with Gasteiger partial charge in [-0.05, 0) is 25.5 Å². The molecule has 0 aliphatic rings. The second-order valence-electron chi connectivity index (χ2n) is 3.51. The third-order valence-electron chi connectivity index (χ3n) is 2.09. The van der Waals surface area contributed by atoms with Crippen LogP contribution >= 0.6 is 22.9 Å². The lowest BCUT2D eigenvalue weighted by Gasteiger charge is -2.04. The Balaban J connectivity index is 2.67. The van der Waals surface area contributed by atoms with Gasteiger partial charge in [0.1, 0.15) is 5.75 Å². The first-order chi connectivity index (χ1) is 7.08. The standard InChI is InChI=1S/C11H10ClNOS/c1-6(2)5-7-9(14)4-3-8-10(7)15-11(12)13-8/h3-4,14H,1,5H2,2H3. The number of thiazole rings is 1. The number of hydrogen-bond acceptors (Lipinski definition) is 3. The molecule has 0 saturated heterocycles. The summed E-state index contributed by atoms with van der Waals surface area (Å²) < 4.78 is 1.45. The normalized spacial score (nSPS) is 10.8. The van der Waals surface area contributed by atoms with Crippen LogP contribution in [0.5, 0.6) is 5.75 Å². The number of fused-ring (bicyclic) bond motifs is 1. The first kappa shape index (κ1) is 10.5. The van der Waals surface area contributed by atoms with Crippen LogP contribution in [0.25, 0.3) is 10.2 Å². The highest BCUT2D eigenvalue weighted by Gasteiger charge is 2.11. The number of benzene rings is 1. The van der Waals surface area contributed by atoms with E-state index < -0.39 is 0 Å². The van der Waals surface area contributed by atoms with Gasteiger partial charge in [0, 0.05) is 5.56 Å². The second kappa shape index (κ2) is 3.83. The molecule has 1 aromatic carbocycles. The van der Waals surface area contributed by atoms with Crippen molar-refractivity contribution < 1.29 is 5.11 Å². The maximum Gasteiger partial charge on any atom is 0.184 e. The topological polar surface area (TPSA) is 33.1 Å². The van der Waals surface area contributed by atoms with Crippen molar-refractivity contribution >= 4 is 33.2 Å². The fourth-order valence-corrected chi connectivity index (χ4v) is 2.63. The molecule has 15 heavy (non-hydrogen) atoms. The largest absolute Gasteiger partial charge is 0.508 e. The van der Waals surface area contributed by atoms with Gasteiger partial charge in [-0.15, -0.1) is 11.3 Å². The summed E-state index contributed by atoms with van der Waals surface area (Å²) in [6.45, 7) is 5.78. The molecule has 2 nitrogen and oxygen atoms in total. The van der Waals surface area contributed by atoms with Gasteiger partial charge < -0.3 is 5.11 Å². The van der Waals surface area contributed by atoms with E-state index in [2.05, 4.69) is 11.6 Å². The number of halogens is 1. The minimum absolute atomic E-state index is 0.283. The van der Waals surface area contributed by atoms with E-state index in [0.717, 1.165) is 21.4 Å². The number of nitrogens with zero attached hydrogens (tertiary/aromatic N) is 1. The minimum Gasteiger partial charge on any atom is -0.508 e. The highest BCUT2D eigenvalue weighted by atomic mass is 35.5. The van der Waals surface area contributed by atoms with Crippen LogP contribution in [0.4, 0.5) is 0 Å². The number of allylic oxidation sites excluding steroid dienone is 1. The molecule has 0 bridgehead atoms. The Hall–Kier alpha value is -1.06. The van der Waals surface area contributed by atoms with Crippen molar-refractivity contribution in [1.82, 2.24) is 4.98 Å². The fraction of sp³-hybridized carbons (Fsp3) is 0.182. The van der Waals surface area contributed by atoms with E-state index in [1.165, 1.54) is 11.3 Å². The predicted octanol–water partition coefficient (Wildman–Crippen LogP) is 3.77. The summed E-state index contributed by atoms with van der Waals surface area (Å²) in [6, 6.07) is 3.42. The molecule has 0 radical (unpaired) electrons. The Morgan fingerprint density at radius 1 is 1.60 bits per heavy atom. The average Bonchev–Trinajstić information content (AvgIpc) is 2.51. The van der Waals surface area contributed by atoms with E-state index in [4.69, 9.17) is 11.6 Å². The molecule has 2 rings (SSSR count). The van der Waals surface area contributed by atoms with Gasteiger partial charge in [-0.3, -0.25) is 0 Å². The Kier molecular flexibility index (Phi) is 2.67. The molecule has 0 saturated carbocycles. The molecule has 0 aliphatic heterocycles. The van der Waals surface area contributed by atoms with Gasteiger partial charge in [0.25, 0.3) is 0 Å². The number of aromatic nitrogens is 1. The molecule has 78 valence electrons. The summed E-state index contributed by atoms with van der Waals surface area (Å²) in [7, 11) is 0. The maximum absolute atomic E-state index is 9.76. The summed E-state index contributed by atoms with van der Waals surface area (Å²) in [6.07, 6.45) is 0.654. The lowest BCUT2D eigenvalue weighted by Crippen LogP contribution is -1.87. The van der Waals surface area contributed by atoms with Crippen molar-refractivity contribution in [3.05, 3.63) is 34.3 Å². The Bertz CT molecular complexity index is 533. The number of aromatic hydroxyl groups is 1. The first-order valence-corrected chi connectivity index (χ1v) is 5.68. The van der Waals surface area contributed by atoms with Gasteiger partial charge in [-0.2, -0.15) is 0 Å². The van der Waals surface area contributed by atoms with E-state index in [1.807, 2.05) is 6.92 Å². The molecular formula is C11H10ClNOS. The molecule has 0 atom stereocenters. The van der Waals surface area contributed by atoms with Gasteiger partial charge >= 0.3 is 0 Å². The summed E-state index contributed by atoms with van der Waals surface area (Å²) in [5.74, 6) is 0.283. The monoisotopic (exact) mass is 239 g/mol. The molecule has 0 unspecified atom stereocenters. The van der Waals surface area contributed by atoms with Crippen LogP contribution in [0.1, 0.15) is 12.5 Å². The number of rotatable bonds is 2. The van der Waals surface area contributed by atoms with Crippen LogP contribution in [0.2, 0.25) is 4.47 Å². The molecule has 4 heteroatoms. The summed E-state index contributed by atoms with van der Waals surface area (Å²) >= 11 is 7.24. The third-order valence-corrected chi connectivity index (χ3v) is 3.32. The van der Waals surface area contributed by atoms with Crippen LogP contribution in [-0.4, -0.2) is 10.1 Å². The molecule has 1 N–H and O–H groups in total. The molecule has 0 fully saturated rings. The lowest BCUT2D eigenvalue weighted by molar-refractivity contribution is 0.470.